The highest BCUT2D eigenvalue weighted by Crippen LogP contribution is 2.25. The second kappa shape index (κ2) is 5.23. The van der Waals surface area contributed by atoms with Crippen molar-refractivity contribution in [3.63, 3.8) is 0 Å². The van der Waals surface area contributed by atoms with Crippen molar-refractivity contribution >= 4 is 5.69 Å². The van der Waals surface area contributed by atoms with Crippen LogP contribution in [-0.4, -0.2) is 11.7 Å². The van der Waals surface area contributed by atoms with E-state index in [2.05, 4.69) is 36.5 Å². The van der Waals surface area contributed by atoms with Crippen LogP contribution >= 0.6 is 0 Å². The van der Waals surface area contributed by atoms with Crippen LogP contribution in [0.15, 0.2) is 54.6 Å². The van der Waals surface area contributed by atoms with Gasteiger partial charge in [-0.2, -0.15) is 0 Å². The third kappa shape index (κ3) is 2.71. The van der Waals surface area contributed by atoms with Crippen molar-refractivity contribution in [3.05, 3.63) is 65.7 Å². The number of para-hydroxylation sites is 1. The number of benzene rings is 2. The van der Waals surface area contributed by atoms with Crippen LogP contribution in [0, 0.1) is 6.92 Å². The van der Waals surface area contributed by atoms with Gasteiger partial charge in [0.05, 0.1) is 12.1 Å². The SMILES string of the molecule is Cc1ccc(C(C)(CO)Nc2ccccc2)cc1. The smallest absolute Gasteiger partial charge is 0.0828 e. The molecule has 0 spiro atoms. The van der Waals surface area contributed by atoms with Crippen molar-refractivity contribution in [2.45, 2.75) is 19.4 Å². The van der Waals surface area contributed by atoms with Crippen LogP contribution in [0.2, 0.25) is 0 Å². The highest BCUT2D eigenvalue weighted by Gasteiger charge is 2.25. The van der Waals surface area contributed by atoms with Gasteiger partial charge in [0.25, 0.3) is 0 Å². The molecule has 0 radical (unpaired) electrons. The van der Waals surface area contributed by atoms with E-state index in [0.717, 1.165) is 11.3 Å². The van der Waals surface area contributed by atoms with E-state index in [4.69, 9.17) is 0 Å². The van der Waals surface area contributed by atoms with Crippen molar-refractivity contribution < 1.29 is 5.11 Å². The monoisotopic (exact) mass is 241 g/mol. The molecule has 0 saturated carbocycles. The van der Waals surface area contributed by atoms with E-state index in [-0.39, 0.29) is 6.61 Å². The molecule has 0 aromatic heterocycles. The van der Waals surface area contributed by atoms with E-state index in [1.165, 1.54) is 5.56 Å². The Hall–Kier alpha value is -1.80. The largest absolute Gasteiger partial charge is 0.394 e. The normalized spacial score (nSPS) is 13.9. The minimum absolute atomic E-state index is 0.0466. The summed E-state index contributed by atoms with van der Waals surface area (Å²) in [4.78, 5) is 0. The van der Waals surface area contributed by atoms with Crippen molar-refractivity contribution in [3.8, 4) is 0 Å². The molecular formula is C16H19NO. The second-order valence-electron chi connectivity index (χ2n) is 4.85. The van der Waals surface area contributed by atoms with E-state index < -0.39 is 5.54 Å². The van der Waals surface area contributed by atoms with Gasteiger partial charge in [0.15, 0.2) is 0 Å². The molecule has 0 fully saturated rings. The molecule has 0 aliphatic heterocycles. The fourth-order valence-electron chi connectivity index (χ4n) is 1.96. The van der Waals surface area contributed by atoms with Crippen LogP contribution < -0.4 is 5.32 Å². The molecule has 0 heterocycles. The summed E-state index contributed by atoms with van der Waals surface area (Å²) >= 11 is 0. The molecular weight excluding hydrogens is 222 g/mol. The van der Waals surface area contributed by atoms with Gasteiger partial charge in [0.2, 0.25) is 0 Å². The predicted octanol–water partition coefficient (Wildman–Crippen LogP) is 3.31. The first-order valence-corrected chi connectivity index (χ1v) is 6.15. The van der Waals surface area contributed by atoms with Gasteiger partial charge in [-0.05, 0) is 31.5 Å². The molecule has 18 heavy (non-hydrogen) atoms. The molecule has 2 aromatic carbocycles. The molecule has 0 aliphatic rings. The average molecular weight is 241 g/mol. The molecule has 0 amide bonds. The quantitative estimate of drug-likeness (QED) is 0.860. The van der Waals surface area contributed by atoms with Crippen molar-refractivity contribution in [2.24, 2.45) is 0 Å². The lowest BCUT2D eigenvalue weighted by Crippen LogP contribution is -2.35. The Morgan fingerprint density at radius 1 is 1.00 bits per heavy atom. The Morgan fingerprint density at radius 2 is 1.61 bits per heavy atom. The van der Waals surface area contributed by atoms with E-state index >= 15 is 0 Å². The summed E-state index contributed by atoms with van der Waals surface area (Å²) in [6, 6.07) is 18.2. The lowest BCUT2D eigenvalue weighted by Gasteiger charge is -2.30. The third-order valence-corrected chi connectivity index (χ3v) is 3.20. The van der Waals surface area contributed by atoms with Crippen LogP contribution in [0.4, 0.5) is 5.69 Å². The van der Waals surface area contributed by atoms with E-state index in [1.807, 2.05) is 37.3 Å². The molecule has 0 aliphatic carbocycles. The summed E-state index contributed by atoms with van der Waals surface area (Å²) < 4.78 is 0. The Morgan fingerprint density at radius 3 is 2.17 bits per heavy atom. The molecule has 1 atom stereocenters. The number of nitrogens with one attached hydrogen (secondary N) is 1. The predicted molar refractivity (Wildman–Crippen MR) is 75.7 cm³/mol. The average Bonchev–Trinajstić information content (AvgIpc) is 2.40. The molecule has 0 bridgehead atoms. The minimum atomic E-state index is -0.463. The molecule has 2 heteroatoms. The summed E-state index contributed by atoms with van der Waals surface area (Å²) in [6.07, 6.45) is 0. The van der Waals surface area contributed by atoms with Crippen LogP contribution in [-0.2, 0) is 5.54 Å². The van der Waals surface area contributed by atoms with Gasteiger partial charge in [-0.15, -0.1) is 0 Å². The maximum absolute atomic E-state index is 9.71. The van der Waals surface area contributed by atoms with Crippen LogP contribution in [0.25, 0.3) is 0 Å². The maximum Gasteiger partial charge on any atom is 0.0828 e. The Bertz CT molecular complexity index is 492. The first kappa shape index (κ1) is 12.7. The third-order valence-electron chi connectivity index (χ3n) is 3.20. The minimum Gasteiger partial charge on any atom is -0.394 e. The summed E-state index contributed by atoms with van der Waals surface area (Å²) in [5.41, 5.74) is 2.85. The Balaban J connectivity index is 2.28. The number of hydrogen-bond acceptors (Lipinski definition) is 2. The summed E-state index contributed by atoms with van der Waals surface area (Å²) in [7, 11) is 0. The van der Waals surface area contributed by atoms with Crippen molar-refractivity contribution in [1.82, 2.24) is 0 Å². The molecule has 1 unspecified atom stereocenters. The van der Waals surface area contributed by atoms with Crippen molar-refractivity contribution in [2.75, 3.05) is 11.9 Å². The first-order chi connectivity index (χ1) is 8.64. The number of rotatable bonds is 4. The summed E-state index contributed by atoms with van der Waals surface area (Å²) in [5, 5.41) is 13.1. The fraction of sp³-hybridized carbons (Fsp3) is 0.250. The van der Waals surface area contributed by atoms with E-state index in [1.54, 1.807) is 0 Å². The molecule has 2 rings (SSSR count). The fourth-order valence-corrected chi connectivity index (χ4v) is 1.96. The van der Waals surface area contributed by atoms with Gasteiger partial charge in [-0.25, -0.2) is 0 Å². The van der Waals surface area contributed by atoms with Gasteiger partial charge in [-0.3, -0.25) is 0 Å². The molecule has 2 aromatic rings. The number of anilines is 1. The van der Waals surface area contributed by atoms with Crippen LogP contribution in [0.1, 0.15) is 18.1 Å². The second-order valence-corrected chi connectivity index (χ2v) is 4.85. The topological polar surface area (TPSA) is 32.3 Å². The Kier molecular flexibility index (Phi) is 3.68. The van der Waals surface area contributed by atoms with Gasteiger partial charge >= 0.3 is 0 Å². The summed E-state index contributed by atoms with van der Waals surface area (Å²) in [6.45, 7) is 4.11. The highest BCUT2D eigenvalue weighted by molar-refractivity contribution is 5.47. The Labute approximate surface area is 108 Å². The van der Waals surface area contributed by atoms with Crippen molar-refractivity contribution in [1.29, 1.82) is 0 Å². The number of aryl methyl sites for hydroxylation is 1. The van der Waals surface area contributed by atoms with E-state index in [9.17, 15) is 5.11 Å². The first-order valence-electron chi connectivity index (χ1n) is 6.15. The van der Waals surface area contributed by atoms with Crippen LogP contribution in [0.5, 0.6) is 0 Å². The van der Waals surface area contributed by atoms with Crippen LogP contribution in [0.3, 0.4) is 0 Å². The lowest BCUT2D eigenvalue weighted by atomic mass is 9.92. The maximum atomic E-state index is 9.71. The van der Waals surface area contributed by atoms with E-state index in [0.29, 0.717) is 0 Å². The molecule has 2 nitrogen and oxygen atoms in total. The zero-order valence-electron chi connectivity index (χ0n) is 10.9. The molecule has 0 saturated heterocycles. The number of aliphatic hydroxyl groups is 1. The summed E-state index contributed by atoms with van der Waals surface area (Å²) in [5.74, 6) is 0. The van der Waals surface area contributed by atoms with Gasteiger partial charge in [-0.1, -0.05) is 48.0 Å². The number of aliphatic hydroxyl groups excluding tert-OH is 1. The molecule has 2 N–H and O–H groups in total. The van der Waals surface area contributed by atoms with Gasteiger partial charge in [0.1, 0.15) is 0 Å². The highest BCUT2D eigenvalue weighted by atomic mass is 16.3. The zero-order chi connectivity index (χ0) is 13.0. The number of hydrogen-bond donors (Lipinski definition) is 2. The van der Waals surface area contributed by atoms with Gasteiger partial charge < -0.3 is 10.4 Å². The van der Waals surface area contributed by atoms with Gasteiger partial charge in [0, 0.05) is 5.69 Å². The standard InChI is InChI=1S/C16H19NO/c1-13-8-10-14(11-9-13)16(2,12-18)17-15-6-4-3-5-7-15/h3-11,17-18H,12H2,1-2H3. The lowest BCUT2D eigenvalue weighted by molar-refractivity contribution is 0.224. The zero-order valence-corrected chi connectivity index (χ0v) is 10.9. The molecule has 94 valence electrons.